The maximum absolute atomic E-state index is 8.36. The molecule has 13 heavy (non-hydrogen) atoms. The van der Waals surface area contributed by atoms with Crippen LogP contribution in [0.15, 0.2) is 0 Å². The number of hydrogen-bond acceptors (Lipinski definition) is 2. The zero-order valence-corrected chi connectivity index (χ0v) is 12.8. The topological polar surface area (TPSA) is 40.5 Å². The Morgan fingerprint density at radius 2 is 1.00 bits per heavy atom. The van der Waals surface area contributed by atoms with Crippen molar-refractivity contribution in [3.8, 4) is 0 Å². The molecule has 0 saturated carbocycles. The SMILES string of the molecule is CCC(C)O.CCC(C)O.[CH3][Sn][CH3]. The third-order valence-corrected chi connectivity index (χ3v) is 1.18. The van der Waals surface area contributed by atoms with Crippen molar-refractivity contribution in [2.75, 3.05) is 0 Å². The van der Waals surface area contributed by atoms with Gasteiger partial charge in [-0.25, -0.2) is 0 Å². The molecule has 0 aliphatic rings. The van der Waals surface area contributed by atoms with Gasteiger partial charge in [0.2, 0.25) is 0 Å². The normalized spacial score (nSPS) is 12.9. The average molecular weight is 297 g/mol. The van der Waals surface area contributed by atoms with Gasteiger partial charge in [-0.2, -0.15) is 0 Å². The van der Waals surface area contributed by atoms with Crippen LogP contribution in [-0.4, -0.2) is 43.6 Å². The molecule has 3 heteroatoms. The van der Waals surface area contributed by atoms with Crippen LogP contribution in [0.5, 0.6) is 0 Å². The Hall–Kier alpha value is 0.719. The van der Waals surface area contributed by atoms with E-state index < -0.39 is 0 Å². The first-order valence-electron chi connectivity index (χ1n) is 4.90. The molecule has 2 unspecified atom stereocenters. The summed E-state index contributed by atoms with van der Waals surface area (Å²) in [5.41, 5.74) is 0. The minimum absolute atomic E-state index is 0.116. The van der Waals surface area contributed by atoms with Gasteiger partial charge in [-0.3, -0.25) is 0 Å². The number of aliphatic hydroxyl groups excluding tert-OH is 2. The second-order valence-corrected chi connectivity index (χ2v) is 5.87. The summed E-state index contributed by atoms with van der Waals surface area (Å²) in [5.74, 6) is 0. The minimum atomic E-state index is -0.116. The van der Waals surface area contributed by atoms with Crippen LogP contribution in [0.4, 0.5) is 0 Å². The molecular formula is C10H26O2Sn. The summed E-state index contributed by atoms with van der Waals surface area (Å²) in [6.45, 7) is 7.45. The van der Waals surface area contributed by atoms with E-state index in [-0.39, 0.29) is 33.4 Å². The van der Waals surface area contributed by atoms with Gasteiger partial charge in [0.1, 0.15) is 0 Å². The molecule has 2 radical (unpaired) electrons. The molecule has 0 bridgehead atoms. The maximum atomic E-state index is 8.36. The Kier molecular flexibility index (Phi) is 27.5. The Morgan fingerprint density at radius 3 is 1.00 bits per heavy atom. The Balaban J connectivity index is -0.000000120. The summed E-state index contributed by atoms with van der Waals surface area (Å²) in [7, 11) is 0. The zero-order chi connectivity index (χ0) is 11.3. The quantitative estimate of drug-likeness (QED) is 0.768. The molecule has 0 spiro atoms. The van der Waals surface area contributed by atoms with E-state index >= 15 is 0 Å². The second kappa shape index (κ2) is 18.5. The molecule has 0 amide bonds. The van der Waals surface area contributed by atoms with Crippen molar-refractivity contribution in [1.29, 1.82) is 0 Å². The summed E-state index contributed by atoms with van der Waals surface area (Å²) in [6.07, 6.45) is 1.49. The van der Waals surface area contributed by atoms with Gasteiger partial charge in [-0.05, 0) is 26.7 Å². The van der Waals surface area contributed by atoms with Crippen molar-refractivity contribution < 1.29 is 10.2 Å². The van der Waals surface area contributed by atoms with Crippen LogP contribution in [-0.2, 0) is 0 Å². The molecule has 2 N–H and O–H groups in total. The molecule has 0 aliphatic carbocycles. The summed E-state index contributed by atoms with van der Waals surface area (Å²) in [4.78, 5) is 4.59. The summed E-state index contributed by atoms with van der Waals surface area (Å²) in [6, 6.07) is 0. The fourth-order valence-electron chi connectivity index (χ4n) is 0. The first-order valence-corrected chi connectivity index (χ1v) is 10.6. The molecule has 0 rings (SSSR count). The van der Waals surface area contributed by atoms with Crippen LogP contribution in [0.2, 0.25) is 9.88 Å². The molecule has 0 aliphatic heterocycles. The van der Waals surface area contributed by atoms with E-state index in [2.05, 4.69) is 9.88 Å². The van der Waals surface area contributed by atoms with Crippen LogP contribution >= 0.6 is 0 Å². The van der Waals surface area contributed by atoms with Gasteiger partial charge in [0, 0.05) is 0 Å². The van der Waals surface area contributed by atoms with Gasteiger partial charge in [0.25, 0.3) is 0 Å². The van der Waals surface area contributed by atoms with E-state index in [0.29, 0.717) is 0 Å². The summed E-state index contributed by atoms with van der Waals surface area (Å²) < 4.78 is 0. The number of rotatable bonds is 2. The standard InChI is InChI=1S/2C4H10O.2CH3.Sn/c2*1-3-4(2)5;;;/h2*4-5H,3H2,1-2H3;2*1H3;. The monoisotopic (exact) mass is 298 g/mol. The molecule has 0 aromatic rings. The zero-order valence-electron chi connectivity index (χ0n) is 9.96. The molecule has 0 aromatic carbocycles. The Labute approximate surface area is 94.0 Å². The first-order chi connectivity index (χ1) is 5.95. The van der Waals surface area contributed by atoms with Crippen molar-refractivity contribution >= 4 is 21.1 Å². The molecule has 0 fully saturated rings. The van der Waals surface area contributed by atoms with Gasteiger partial charge in [-0.1, -0.05) is 13.8 Å². The van der Waals surface area contributed by atoms with Crippen molar-refractivity contribution in [2.24, 2.45) is 0 Å². The predicted molar refractivity (Wildman–Crippen MR) is 61.4 cm³/mol. The second-order valence-electron chi connectivity index (χ2n) is 3.01. The van der Waals surface area contributed by atoms with Crippen molar-refractivity contribution in [2.45, 2.75) is 62.6 Å². The average Bonchev–Trinajstić information content (AvgIpc) is 2.07. The Bertz CT molecular complexity index is 57.9. The summed E-state index contributed by atoms with van der Waals surface area (Å²) in [5, 5.41) is 16.7. The van der Waals surface area contributed by atoms with E-state index in [9.17, 15) is 0 Å². The molecular weight excluding hydrogens is 271 g/mol. The predicted octanol–water partition coefficient (Wildman–Crippen LogP) is 2.34. The fourth-order valence-corrected chi connectivity index (χ4v) is 0. The number of hydrogen-bond donors (Lipinski definition) is 2. The number of aliphatic hydroxyl groups is 2. The van der Waals surface area contributed by atoms with E-state index in [1.807, 2.05) is 13.8 Å². The molecule has 0 aromatic heterocycles. The Morgan fingerprint density at radius 1 is 0.923 bits per heavy atom. The van der Waals surface area contributed by atoms with Crippen LogP contribution in [0.1, 0.15) is 40.5 Å². The van der Waals surface area contributed by atoms with Gasteiger partial charge in [0.05, 0.1) is 12.2 Å². The molecule has 0 heterocycles. The first kappa shape index (κ1) is 19.3. The van der Waals surface area contributed by atoms with E-state index in [4.69, 9.17) is 10.2 Å². The molecule has 82 valence electrons. The van der Waals surface area contributed by atoms with Gasteiger partial charge in [-0.15, -0.1) is 0 Å². The summed E-state index contributed by atoms with van der Waals surface area (Å²) >= 11 is 0.230. The van der Waals surface area contributed by atoms with E-state index in [1.54, 1.807) is 13.8 Å². The van der Waals surface area contributed by atoms with Gasteiger partial charge < -0.3 is 10.2 Å². The van der Waals surface area contributed by atoms with Gasteiger partial charge in [0.15, 0.2) is 0 Å². The third-order valence-electron chi connectivity index (χ3n) is 1.18. The molecule has 2 nitrogen and oxygen atoms in total. The van der Waals surface area contributed by atoms with Crippen LogP contribution in [0, 0.1) is 0 Å². The van der Waals surface area contributed by atoms with Crippen molar-refractivity contribution in [3.63, 3.8) is 0 Å². The van der Waals surface area contributed by atoms with E-state index in [0.717, 1.165) is 12.8 Å². The van der Waals surface area contributed by atoms with Crippen LogP contribution < -0.4 is 0 Å². The van der Waals surface area contributed by atoms with Crippen LogP contribution in [0.3, 0.4) is 0 Å². The third kappa shape index (κ3) is 65.6. The molecule has 0 saturated heterocycles. The van der Waals surface area contributed by atoms with Crippen LogP contribution in [0.25, 0.3) is 0 Å². The van der Waals surface area contributed by atoms with Crippen molar-refractivity contribution in [3.05, 3.63) is 0 Å². The van der Waals surface area contributed by atoms with Gasteiger partial charge >= 0.3 is 31.0 Å². The van der Waals surface area contributed by atoms with Crippen molar-refractivity contribution in [1.82, 2.24) is 0 Å². The van der Waals surface area contributed by atoms with E-state index in [1.165, 1.54) is 0 Å². The fraction of sp³-hybridized carbons (Fsp3) is 1.00. The molecule has 2 atom stereocenters.